The number of para-hydroxylation sites is 1. The highest BCUT2D eigenvalue weighted by Crippen LogP contribution is 2.26. The van der Waals surface area contributed by atoms with E-state index in [4.69, 9.17) is 11.5 Å². The molecule has 2 unspecified atom stereocenters. The van der Waals surface area contributed by atoms with Gasteiger partial charge >= 0.3 is 0 Å². The van der Waals surface area contributed by atoms with Crippen molar-refractivity contribution in [2.75, 3.05) is 18.0 Å². The molecule has 0 radical (unpaired) electrons. The average Bonchev–Trinajstić information content (AvgIpc) is 2.59. The molecular weight excluding hydrogens is 202 g/mol. The normalized spacial score (nSPS) is 24.8. The number of carbonyl (C=O) groups excluding carboxylic acids is 1. The van der Waals surface area contributed by atoms with E-state index >= 15 is 0 Å². The van der Waals surface area contributed by atoms with Crippen LogP contribution >= 0.6 is 0 Å². The monoisotopic (exact) mass is 219 g/mol. The van der Waals surface area contributed by atoms with Crippen LogP contribution in [0.4, 0.5) is 5.69 Å². The third-order valence-electron chi connectivity index (χ3n) is 3.18. The lowest BCUT2D eigenvalue weighted by Gasteiger charge is -2.20. The number of hydrogen-bond donors (Lipinski definition) is 2. The molecule has 1 amide bonds. The molecule has 0 bridgehead atoms. The lowest BCUT2D eigenvalue weighted by atomic mass is 10.1. The zero-order chi connectivity index (χ0) is 11.7. The van der Waals surface area contributed by atoms with Crippen molar-refractivity contribution in [2.24, 2.45) is 17.4 Å². The molecule has 4 nitrogen and oxygen atoms in total. The number of benzene rings is 1. The van der Waals surface area contributed by atoms with Crippen molar-refractivity contribution < 1.29 is 4.79 Å². The van der Waals surface area contributed by atoms with Gasteiger partial charge in [0.25, 0.3) is 5.91 Å². The number of carbonyl (C=O) groups is 1. The molecule has 0 saturated carbocycles. The predicted molar refractivity (Wildman–Crippen MR) is 64.3 cm³/mol. The molecule has 16 heavy (non-hydrogen) atoms. The van der Waals surface area contributed by atoms with Crippen molar-refractivity contribution in [3.8, 4) is 0 Å². The lowest BCUT2D eigenvalue weighted by Crippen LogP contribution is -2.29. The second kappa shape index (κ2) is 4.14. The van der Waals surface area contributed by atoms with Gasteiger partial charge in [-0.15, -0.1) is 0 Å². The maximum absolute atomic E-state index is 11.3. The van der Waals surface area contributed by atoms with E-state index in [0.29, 0.717) is 11.5 Å². The third-order valence-corrected chi connectivity index (χ3v) is 3.18. The van der Waals surface area contributed by atoms with Gasteiger partial charge < -0.3 is 16.4 Å². The minimum Gasteiger partial charge on any atom is -0.369 e. The van der Waals surface area contributed by atoms with E-state index in [-0.39, 0.29) is 11.9 Å². The van der Waals surface area contributed by atoms with Gasteiger partial charge in [0.15, 0.2) is 0 Å². The quantitative estimate of drug-likeness (QED) is 0.763. The van der Waals surface area contributed by atoms with Crippen molar-refractivity contribution in [1.29, 1.82) is 0 Å². The van der Waals surface area contributed by atoms with Crippen LogP contribution in [-0.4, -0.2) is 25.0 Å². The molecule has 1 heterocycles. The fourth-order valence-electron chi connectivity index (χ4n) is 2.15. The molecule has 86 valence electrons. The Morgan fingerprint density at radius 1 is 1.38 bits per heavy atom. The molecule has 1 aromatic rings. The van der Waals surface area contributed by atoms with E-state index in [2.05, 4.69) is 11.8 Å². The van der Waals surface area contributed by atoms with Crippen LogP contribution in [-0.2, 0) is 0 Å². The molecule has 2 atom stereocenters. The summed E-state index contributed by atoms with van der Waals surface area (Å²) in [7, 11) is 0. The minimum absolute atomic E-state index is 0.168. The van der Waals surface area contributed by atoms with Crippen LogP contribution in [0.15, 0.2) is 24.3 Å². The van der Waals surface area contributed by atoms with E-state index in [0.717, 1.165) is 18.8 Å². The molecule has 1 saturated heterocycles. The molecule has 4 N–H and O–H groups in total. The Bertz CT molecular complexity index is 395. The van der Waals surface area contributed by atoms with Gasteiger partial charge in [-0.25, -0.2) is 0 Å². The smallest absolute Gasteiger partial charge is 0.250 e. The van der Waals surface area contributed by atoms with Crippen molar-refractivity contribution in [2.45, 2.75) is 13.0 Å². The highest BCUT2D eigenvalue weighted by Gasteiger charge is 2.28. The summed E-state index contributed by atoms with van der Waals surface area (Å²) in [6.07, 6.45) is 0. The zero-order valence-electron chi connectivity index (χ0n) is 9.39. The molecule has 2 rings (SSSR count). The van der Waals surface area contributed by atoms with E-state index in [1.807, 2.05) is 18.2 Å². The van der Waals surface area contributed by atoms with Crippen LogP contribution in [0.25, 0.3) is 0 Å². The first-order valence-electron chi connectivity index (χ1n) is 5.49. The van der Waals surface area contributed by atoms with Gasteiger partial charge in [0.2, 0.25) is 0 Å². The number of hydrogen-bond acceptors (Lipinski definition) is 3. The molecule has 0 aliphatic carbocycles. The first kappa shape index (κ1) is 11.0. The molecule has 1 aliphatic heterocycles. The van der Waals surface area contributed by atoms with E-state index in [9.17, 15) is 4.79 Å². The second-order valence-corrected chi connectivity index (χ2v) is 4.43. The van der Waals surface area contributed by atoms with E-state index in [1.54, 1.807) is 6.07 Å². The van der Waals surface area contributed by atoms with E-state index in [1.165, 1.54) is 0 Å². The Morgan fingerprint density at radius 3 is 2.62 bits per heavy atom. The number of primary amides is 1. The molecular formula is C12H17N3O. The second-order valence-electron chi connectivity index (χ2n) is 4.43. The van der Waals surface area contributed by atoms with Crippen LogP contribution < -0.4 is 16.4 Å². The maximum atomic E-state index is 11.3. The van der Waals surface area contributed by atoms with Gasteiger partial charge in [-0.1, -0.05) is 19.1 Å². The molecule has 1 fully saturated rings. The number of rotatable bonds is 2. The minimum atomic E-state index is -0.385. The van der Waals surface area contributed by atoms with Gasteiger partial charge in [0.05, 0.1) is 5.56 Å². The largest absolute Gasteiger partial charge is 0.369 e. The van der Waals surface area contributed by atoms with Gasteiger partial charge in [-0.2, -0.15) is 0 Å². The highest BCUT2D eigenvalue weighted by atomic mass is 16.1. The first-order valence-corrected chi connectivity index (χ1v) is 5.49. The van der Waals surface area contributed by atoms with Crippen LogP contribution in [0.1, 0.15) is 17.3 Å². The lowest BCUT2D eigenvalue weighted by molar-refractivity contribution is 0.100. The number of anilines is 1. The number of nitrogens with zero attached hydrogens (tertiary/aromatic N) is 1. The van der Waals surface area contributed by atoms with Gasteiger partial charge in [-0.3, -0.25) is 4.79 Å². The molecule has 0 aromatic heterocycles. The summed E-state index contributed by atoms with van der Waals surface area (Å²) in [6.45, 7) is 3.79. The number of amides is 1. The van der Waals surface area contributed by atoms with E-state index < -0.39 is 0 Å². The van der Waals surface area contributed by atoms with Crippen LogP contribution in [0, 0.1) is 5.92 Å². The summed E-state index contributed by atoms with van der Waals surface area (Å²) in [5, 5.41) is 0. The zero-order valence-corrected chi connectivity index (χ0v) is 9.39. The molecule has 0 spiro atoms. The molecule has 1 aliphatic rings. The fourth-order valence-corrected chi connectivity index (χ4v) is 2.15. The predicted octanol–water partition coefficient (Wildman–Crippen LogP) is 0.569. The topological polar surface area (TPSA) is 72.3 Å². The summed E-state index contributed by atoms with van der Waals surface area (Å²) in [5.41, 5.74) is 12.8. The van der Waals surface area contributed by atoms with Crippen LogP contribution in [0.2, 0.25) is 0 Å². The van der Waals surface area contributed by atoms with Crippen LogP contribution in [0.3, 0.4) is 0 Å². The fraction of sp³-hybridized carbons (Fsp3) is 0.417. The Hall–Kier alpha value is -1.55. The average molecular weight is 219 g/mol. The van der Waals surface area contributed by atoms with Crippen molar-refractivity contribution >= 4 is 11.6 Å². The Labute approximate surface area is 95.2 Å². The van der Waals surface area contributed by atoms with Crippen molar-refractivity contribution in [3.63, 3.8) is 0 Å². The van der Waals surface area contributed by atoms with Crippen LogP contribution in [0.5, 0.6) is 0 Å². The molecule has 1 aromatic carbocycles. The highest BCUT2D eigenvalue weighted by molar-refractivity contribution is 5.98. The first-order chi connectivity index (χ1) is 7.59. The van der Waals surface area contributed by atoms with Gasteiger partial charge in [-0.05, 0) is 18.1 Å². The summed E-state index contributed by atoms with van der Waals surface area (Å²) in [6, 6.07) is 7.58. The summed E-state index contributed by atoms with van der Waals surface area (Å²) in [5.74, 6) is 0.0599. The summed E-state index contributed by atoms with van der Waals surface area (Å²) >= 11 is 0. The summed E-state index contributed by atoms with van der Waals surface area (Å²) < 4.78 is 0. The maximum Gasteiger partial charge on any atom is 0.250 e. The Morgan fingerprint density at radius 2 is 2.06 bits per heavy atom. The van der Waals surface area contributed by atoms with Gasteiger partial charge in [0.1, 0.15) is 0 Å². The number of nitrogens with two attached hydrogens (primary N) is 2. The van der Waals surface area contributed by atoms with Crippen molar-refractivity contribution in [3.05, 3.63) is 29.8 Å². The molecule has 4 heteroatoms. The summed E-state index contributed by atoms with van der Waals surface area (Å²) in [4.78, 5) is 13.4. The van der Waals surface area contributed by atoms with Gasteiger partial charge in [0, 0.05) is 24.8 Å². The van der Waals surface area contributed by atoms with Crippen molar-refractivity contribution in [1.82, 2.24) is 0 Å². The standard InChI is InChI=1S/C12H17N3O/c1-8-6-15(7-10(8)13)11-5-3-2-4-9(11)12(14)16/h2-5,8,10H,6-7,13H2,1H3,(H2,14,16). The Balaban J connectivity index is 2.31. The Kier molecular flexibility index (Phi) is 2.83. The third kappa shape index (κ3) is 1.88. The SMILES string of the molecule is CC1CN(c2ccccc2C(N)=O)CC1N.